The Kier molecular flexibility index (Phi) is 4.50. The summed E-state index contributed by atoms with van der Waals surface area (Å²) < 4.78 is 6.43. The van der Waals surface area contributed by atoms with E-state index in [1.165, 1.54) is 0 Å². The summed E-state index contributed by atoms with van der Waals surface area (Å²) in [6.07, 6.45) is 2.23. The van der Waals surface area contributed by atoms with Crippen LogP contribution in [0.15, 0.2) is 42.5 Å². The molecule has 4 heteroatoms. The molecule has 2 heterocycles. The standard InChI is InChI=1S/C23H25NO3/c1-16-8-9-19-20(25)15-23(27-22(19)17(16)2)10-12-24(13-11-23)21(26)14-18-6-4-3-5-7-18/h3-9H,10-15H2,1-2H3. The first-order valence-corrected chi connectivity index (χ1v) is 9.62. The number of benzene rings is 2. The Morgan fingerprint density at radius 2 is 1.78 bits per heavy atom. The third-order valence-electron chi connectivity index (χ3n) is 6.00. The first kappa shape index (κ1) is 17.8. The lowest BCUT2D eigenvalue weighted by Crippen LogP contribution is -2.52. The van der Waals surface area contributed by atoms with Gasteiger partial charge >= 0.3 is 0 Å². The first-order chi connectivity index (χ1) is 13.0. The molecule has 2 aromatic carbocycles. The molecular formula is C23H25NO3. The zero-order valence-electron chi connectivity index (χ0n) is 16.0. The molecule has 0 unspecified atom stereocenters. The minimum Gasteiger partial charge on any atom is -0.486 e. The number of aryl methyl sites for hydroxylation is 1. The van der Waals surface area contributed by atoms with Crippen molar-refractivity contribution in [3.05, 3.63) is 64.7 Å². The smallest absolute Gasteiger partial charge is 0.226 e. The van der Waals surface area contributed by atoms with E-state index in [4.69, 9.17) is 4.74 Å². The van der Waals surface area contributed by atoms with Gasteiger partial charge in [0.15, 0.2) is 5.78 Å². The van der Waals surface area contributed by atoms with E-state index in [2.05, 4.69) is 0 Å². The van der Waals surface area contributed by atoms with Gasteiger partial charge in [0.05, 0.1) is 18.4 Å². The zero-order chi connectivity index (χ0) is 19.0. The Labute approximate surface area is 160 Å². The summed E-state index contributed by atoms with van der Waals surface area (Å²) in [5, 5.41) is 0. The summed E-state index contributed by atoms with van der Waals surface area (Å²) in [7, 11) is 0. The summed E-state index contributed by atoms with van der Waals surface area (Å²) in [4.78, 5) is 27.2. The molecule has 2 aromatic rings. The highest BCUT2D eigenvalue weighted by atomic mass is 16.5. The zero-order valence-corrected chi connectivity index (χ0v) is 16.0. The fourth-order valence-electron chi connectivity index (χ4n) is 4.11. The summed E-state index contributed by atoms with van der Waals surface area (Å²) >= 11 is 0. The number of fused-ring (bicyclic) bond motifs is 1. The number of nitrogens with zero attached hydrogens (tertiary/aromatic N) is 1. The molecule has 0 atom stereocenters. The van der Waals surface area contributed by atoms with Crippen molar-refractivity contribution in [2.45, 2.75) is 45.1 Å². The highest BCUT2D eigenvalue weighted by molar-refractivity contribution is 6.01. The van der Waals surface area contributed by atoms with Gasteiger partial charge in [0.1, 0.15) is 11.4 Å². The number of carbonyl (C=O) groups excluding carboxylic acids is 2. The Balaban J connectivity index is 1.46. The minimum atomic E-state index is -0.466. The summed E-state index contributed by atoms with van der Waals surface area (Å²) in [6, 6.07) is 13.7. The van der Waals surface area contributed by atoms with Crippen molar-refractivity contribution in [3.63, 3.8) is 0 Å². The predicted octanol–water partition coefficient (Wildman–Crippen LogP) is 3.87. The molecule has 0 aliphatic carbocycles. The SMILES string of the molecule is Cc1ccc2c(c1C)OC1(CCN(C(=O)Cc3ccccc3)CC1)CC2=O. The lowest BCUT2D eigenvalue weighted by molar-refractivity contribution is -0.134. The van der Waals surface area contributed by atoms with Gasteiger partial charge < -0.3 is 9.64 Å². The number of piperidine rings is 1. The van der Waals surface area contributed by atoms with Crippen LogP contribution in [0.25, 0.3) is 0 Å². The molecule has 0 saturated carbocycles. The summed E-state index contributed by atoms with van der Waals surface area (Å²) in [5.41, 5.74) is 3.45. The number of amides is 1. The number of carbonyl (C=O) groups is 2. The van der Waals surface area contributed by atoms with Crippen LogP contribution in [-0.2, 0) is 11.2 Å². The van der Waals surface area contributed by atoms with Crippen molar-refractivity contribution >= 4 is 11.7 Å². The minimum absolute atomic E-state index is 0.144. The summed E-state index contributed by atoms with van der Waals surface area (Å²) in [6.45, 7) is 5.33. The van der Waals surface area contributed by atoms with Gasteiger partial charge in [-0.1, -0.05) is 36.4 Å². The molecule has 0 radical (unpaired) electrons. The average Bonchev–Trinajstić information content (AvgIpc) is 2.66. The Hall–Kier alpha value is -2.62. The Morgan fingerprint density at radius 1 is 1.07 bits per heavy atom. The van der Waals surface area contributed by atoms with Gasteiger partial charge in [-0.15, -0.1) is 0 Å². The molecule has 2 aliphatic rings. The normalized spacial score (nSPS) is 18.1. The van der Waals surface area contributed by atoms with Gasteiger partial charge in [-0.05, 0) is 36.6 Å². The third kappa shape index (κ3) is 3.36. The molecule has 1 fully saturated rings. The van der Waals surface area contributed by atoms with E-state index in [0.29, 0.717) is 44.3 Å². The molecule has 0 N–H and O–H groups in total. The number of rotatable bonds is 2. The maximum atomic E-state index is 12.7. The van der Waals surface area contributed by atoms with Gasteiger partial charge in [0.25, 0.3) is 0 Å². The van der Waals surface area contributed by atoms with Crippen molar-refractivity contribution in [3.8, 4) is 5.75 Å². The van der Waals surface area contributed by atoms with Crippen molar-refractivity contribution in [2.24, 2.45) is 0 Å². The third-order valence-corrected chi connectivity index (χ3v) is 6.00. The lowest BCUT2D eigenvalue weighted by atomic mass is 9.81. The maximum Gasteiger partial charge on any atom is 0.226 e. The van der Waals surface area contributed by atoms with E-state index in [-0.39, 0.29) is 11.7 Å². The van der Waals surface area contributed by atoms with Crippen LogP contribution >= 0.6 is 0 Å². The molecule has 1 amide bonds. The molecule has 4 nitrogen and oxygen atoms in total. The van der Waals surface area contributed by atoms with Crippen molar-refractivity contribution < 1.29 is 14.3 Å². The van der Waals surface area contributed by atoms with Crippen LogP contribution < -0.4 is 4.74 Å². The van der Waals surface area contributed by atoms with Crippen LogP contribution in [0.2, 0.25) is 0 Å². The average molecular weight is 363 g/mol. The summed E-state index contributed by atoms with van der Waals surface area (Å²) in [5.74, 6) is 1.05. The Bertz CT molecular complexity index is 880. The second-order valence-electron chi connectivity index (χ2n) is 7.81. The van der Waals surface area contributed by atoms with Crippen LogP contribution in [0.3, 0.4) is 0 Å². The fourth-order valence-corrected chi connectivity index (χ4v) is 4.11. The number of ether oxygens (including phenoxy) is 1. The molecule has 1 saturated heterocycles. The molecule has 27 heavy (non-hydrogen) atoms. The largest absolute Gasteiger partial charge is 0.486 e. The lowest BCUT2D eigenvalue weighted by Gasteiger charge is -2.44. The molecule has 0 bridgehead atoms. The maximum absolute atomic E-state index is 12.7. The Morgan fingerprint density at radius 3 is 2.48 bits per heavy atom. The quantitative estimate of drug-likeness (QED) is 0.814. The van der Waals surface area contributed by atoms with Crippen LogP contribution in [0.5, 0.6) is 5.75 Å². The van der Waals surface area contributed by atoms with E-state index in [1.54, 1.807) is 0 Å². The number of hydrogen-bond acceptors (Lipinski definition) is 3. The molecule has 4 rings (SSSR count). The fraction of sp³-hybridized carbons (Fsp3) is 0.391. The van der Waals surface area contributed by atoms with Crippen molar-refractivity contribution in [1.29, 1.82) is 0 Å². The second-order valence-corrected chi connectivity index (χ2v) is 7.81. The molecule has 140 valence electrons. The van der Waals surface area contributed by atoms with E-state index >= 15 is 0 Å². The van der Waals surface area contributed by atoms with E-state index in [1.807, 2.05) is 61.2 Å². The number of ketones is 1. The van der Waals surface area contributed by atoms with Crippen molar-refractivity contribution in [2.75, 3.05) is 13.1 Å². The number of Topliss-reactive ketones (excluding diaryl/α,β-unsaturated/α-hetero) is 1. The monoisotopic (exact) mass is 363 g/mol. The molecule has 2 aliphatic heterocycles. The van der Waals surface area contributed by atoms with Gasteiger partial charge in [0, 0.05) is 25.9 Å². The van der Waals surface area contributed by atoms with Gasteiger partial charge in [-0.3, -0.25) is 9.59 Å². The molecular weight excluding hydrogens is 338 g/mol. The topological polar surface area (TPSA) is 46.6 Å². The van der Waals surface area contributed by atoms with Gasteiger partial charge in [-0.25, -0.2) is 0 Å². The molecule has 1 spiro atoms. The second kappa shape index (κ2) is 6.84. The van der Waals surface area contributed by atoms with Crippen LogP contribution in [0.4, 0.5) is 0 Å². The number of likely N-dealkylation sites (tertiary alicyclic amines) is 1. The predicted molar refractivity (Wildman–Crippen MR) is 104 cm³/mol. The van der Waals surface area contributed by atoms with Crippen LogP contribution in [0, 0.1) is 13.8 Å². The van der Waals surface area contributed by atoms with Gasteiger partial charge in [0.2, 0.25) is 5.91 Å². The van der Waals surface area contributed by atoms with E-state index in [0.717, 1.165) is 22.4 Å². The van der Waals surface area contributed by atoms with E-state index in [9.17, 15) is 9.59 Å². The first-order valence-electron chi connectivity index (χ1n) is 9.62. The van der Waals surface area contributed by atoms with Gasteiger partial charge in [-0.2, -0.15) is 0 Å². The van der Waals surface area contributed by atoms with Crippen LogP contribution in [-0.4, -0.2) is 35.3 Å². The van der Waals surface area contributed by atoms with E-state index < -0.39 is 5.60 Å². The number of hydrogen-bond donors (Lipinski definition) is 0. The van der Waals surface area contributed by atoms with Crippen LogP contribution in [0.1, 0.15) is 46.3 Å². The highest BCUT2D eigenvalue weighted by Gasteiger charge is 2.44. The molecule has 0 aromatic heterocycles. The van der Waals surface area contributed by atoms with Crippen molar-refractivity contribution in [1.82, 2.24) is 4.90 Å². The highest BCUT2D eigenvalue weighted by Crippen LogP contribution is 2.41.